The van der Waals surface area contributed by atoms with E-state index in [1.165, 1.54) is 18.5 Å². The molecule has 0 spiro atoms. The minimum absolute atomic E-state index is 0.165. The molecule has 0 radical (unpaired) electrons. The number of rotatable bonds is 4. The zero-order valence-electron chi connectivity index (χ0n) is 13.3. The highest BCUT2D eigenvalue weighted by Gasteiger charge is 2.09. The molecule has 126 valence electrons. The summed E-state index contributed by atoms with van der Waals surface area (Å²) in [7, 11) is 0. The molecule has 25 heavy (non-hydrogen) atoms. The molecule has 0 atom stereocenters. The first kappa shape index (κ1) is 16.5. The van der Waals surface area contributed by atoms with Crippen molar-refractivity contribution >= 4 is 23.2 Å². The summed E-state index contributed by atoms with van der Waals surface area (Å²) in [6.45, 7) is 1.96. The van der Waals surface area contributed by atoms with Gasteiger partial charge in [0.15, 0.2) is 11.6 Å². The third-order valence-electron chi connectivity index (χ3n) is 3.40. The molecule has 0 saturated heterocycles. The smallest absolute Gasteiger partial charge is 0.258 e. The summed E-state index contributed by atoms with van der Waals surface area (Å²) < 4.78 is 26.1. The van der Waals surface area contributed by atoms with Crippen molar-refractivity contribution in [3.63, 3.8) is 0 Å². The van der Waals surface area contributed by atoms with Crippen molar-refractivity contribution in [2.45, 2.75) is 6.92 Å². The number of carbonyl (C=O) groups excluding carboxylic acids is 1. The van der Waals surface area contributed by atoms with Crippen molar-refractivity contribution in [3.8, 4) is 0 Å². The molecule has 0 unspecified atom stereocenters. The minimum atomic E-state index is -0.973. The zero-order chi connectivity index (χ0) is 17.8. The van der Waals surface area contributed by atoms with Gasteiger partial charge in [-0.2, -0.15) is 0 Å². The van der Waals surface area contributed by atoms with Gasteiger partial charge in [-0.05, 0) is 31.2 Å². The van der Waals surface area contributed by atoms with Crippen LogP contribution in [0.2, 0.25) is 0 Å². The summed E-state index contributed by atoms with van der Waals surface area (Å²) in [5.41, 5.74) is 2.33. The van der Waals surface area contributed by atoms with Crippen LogP contribution in [-0.2, 0) is 0 Å². The zero-order valence-corrected chi connectivity index (χ0v) is 13.3. The van der Waals surface area contributed by atoms with Crippen molar-refractivity contribution in [1.29, 1.82) is 0 Å². The number of benzene rings is 2. The SMILES string of the molecule is Cc1ccc(NC(=O)c2cnc(Nc3ccc(F)c(F)c3)nc2)cc1. The van der Waals surface area contributed by atoms with Crippen LogP contribution < -0.4 is 10.6 Å². The van der Waals surface area contributed by atoms with Crippen molar-refractivity contribution in [1.82, 2.24) is 9.97 Å². The van der Waals surface area contributed by atoms with Gasteiger partial charge in [0.1, 0.15) is 0 Å². The number of hydrogen-bond donors (Lipinski definition) is 2. The third-order valence-corrected chi connectivity index (χ3v) is 3.40. The molecule has 2 aromatic carbocycles. The van der Waals surface area contributed by atoms with Crippen LogP contribution in [0, 0.1) is 18.6 Å². The monoisotopic (exact) mass is 340 g/mol. The Balaban J connectivity index is 1.67. The minimum Gasteiger partial charge on any atom is -0.324 e. The molecule has 5 nitrogen and oxygen atoms in total. The van der Waals surface area contributed by atoms with Crippen LogP contribution in [0.25, 0.3) is 0 Å². The summed E-state index contributed by atoms with van der Waals surface area (Å²) in [6, 6.07) is 10.7. The maximum absolute atomic E-state index is 13.2. The molecule has 1 amide bonds. The summed E-state index contributed by atoms with van der Waals surface area (Å²) in [6.07, 6.45) is 2.69. The first-order valence-corrected chi connectivity index (χ1v) is 7.43. The number of hydrogen-bond acceptors (Lipinski definition) is 4. The van der Waals surface area contributed by atoms with Gasteiger partial charge in [0.25, 0.3) is 5.91 Å². The maximum atomic E-state index is 13.2. The molecule has 0 fully saturated rings. The Morgan fingerprint density at radius 1 is 0.920 bits per heavy atom. The van der Waals surface area contributed by atoms with E-state index < -0.39 is 11.6 Å². The number of amides is 1. The number of nitrogens with one attached hydrogen (secondary N) is 2. The van der Waals surface area contributed by atoms with Crippen LogP contribution in [0.1, 0.15) is 15.9 Å². The predicted molar refractivity (Wildman–Crippen MR) is 90.8 cm³/mol. The van der Waals surface area contributed by atoms with Crippen molar-refractivity contribution in [2.24, 2.45) is 0 Å². The highest BCUT2D eigenvalue weighted by atomic mass is 19.2. The van der Waals surface area contributed by atoms with Gasteiger partial charge < -0.3 is 10.6 Å². The lowest BCUT2D eigenvalue weighted by Crippen LogP contribution is -2.13. The fraction of sp³-hybridized carbons (Fsp3) is 0.0556. The van der Waals surface area contributed by atoms with Crippen molar-refractivity contribution in [2.75, 3.05) is 10.6 Å². The van der Waals surface area contributed by atoms with Gasteiger partial charge in [-0.15, -0.1) is 0 Å². The standard InChI is InChI=1S/C18H14F2N4O/c1-11-2-4-13(5-3-11)23-17(25)12-9-21-18(22-10-12)24-14-6-7-15(19)16(20)8-14/h2-10H,1H3,(H,23,25)(H,21,22,24). The van der Waals surface area contributed by atoms with E-state index in [9.17, 15) is 13.6 Å². The lowest BCUT2D eigenvalue weighted by Gasteiger charge is -2.07. The number of nitrogens with zero attached hydrogens (tertiary/aromatic N) is 2. The molecule has 0 bridgehead atoms. The lowest BCUT2D eigenvalue weighted by atomic mass is 10.2. The van der Waals surface area contributed by atoms with E-state index in [0.717, 1.165) is 17.7 Å². The van der Waals surface area contributed by atoms with Gasteiger partial charge in [0.05, 0.1) is 5.56 Å². The maximum Gasteiger partial charge on any atom is 0.258 e. The van der Waals surface area contributed by atoms with E-state index in [1.807, 2.05) is 19.1 Å². The second-order valence-corrected chi connectivity index (χ2v) is 5.37. The van der Waals surface area contributed by atoms with Crippen LogP contribution >= 0.6 is 0 Å². The van der Waals surface area contributed by atoms with Gasteiger partial charge in [0.2, 0.25) is 5.95 Å². The molecular formula is C18H14F2N4O. The quantitative estimate of drug-likeness (QED) is 0.752. The van der Waals surface area contributed by atoms with Crippen molar-refractivity contribution < 1.29 is 13.6 Å². The predicted octanol–water partition coefficient (Wildman–Crippen LogP) is 4.06. The molecule has 0 saturated carbocycles. The molecule has 0 aliphatic heterocycles. The Morgan fingerprint density at radius 2 is 1.56 bits per heavy atom. The van der Waals surface area contributed by atoms with Gasteiger partial charge in [-0.1, -0.05) is 17.7 Å². The Morgan fingerprint density at radius 3 is 2.20 bits per heavy atom. The normalized spacial score (nSPS) is 10.4. The number of anilines is 3. The molecule has 1 aromatic heterocycles. The van der Waals surface area contributed by atoms with Crippen LogP contribution in [0.3, 0.4) is 0 Å². The van der Waals surface area contributed by atoms with Crippen LogP contribution in [0.4, 0.5) is 26.1 Å². The summed E-state index contributed by atoms with van der Waals surface area (Å²) in [5.74, 6) is -2.09. The summed E-state index contributed by atoms with van der Waals surface area (Å²) >= 11 is 0. The fourth-order valence-electron chi connectivity index (χ4n) is 2.05. The number of aryl methyl sites for hydroxylation is 1. The molecule has 0 aliphatic rings. The molecule has 2 N–H and O–H groups in total. The second kappa shape index (κ2) is 7.04. The second-order valence-electron chi connectivity index (χ2n) is 5.37. The third kappa shape index (κ3) is 4.14. The molecule has 7 heteroatoms. The summed E-state index contributed by atoms with van der Waals surface area (Å²) in [5, 5.41) is 5.47. The molecule has 3 aromatic rings. The van der Waals surface area contributed by atoms with E-state index in [4.69, 9.17) is 0 Å². The molecule has 3 rings (SSSR count). The molecule has 0 aliphatic carbocycles. The van der Waals surface area contributed by atoms with Gasteiger partial charge in [0, 0.05) is 29.8 Å². The van der Waals surface area contributed by atoms with Crippen LogP contribution in [0.5, 0.6) is 0 Å². The largest absolute Gasteiger partial charge is 0.324 e. The van der Waals surface area contributed by atoms with Crippen molar-refractivity contribution in [3.05, 3.63) is 77.6 Å². The summed E-state index contributed by atoms with van der Waals surface area (Å²) in [4.78, 5) is 20.2. The van der Waals surface area contributed by atoms with E-state index >= 15 is 0 Å². The number of halogens is 2. The first-order valence-electron chi connectivity index (χ1n) is 7.43. The topological polar surface area (TPSA) is 66.9 Å². The average molecular weight is 340 g/mol. The Labute approximate surface area is 142 Å². The van der Waals surface area contributed by atoms with Gasteiger partial charge in [-0.3, -0.25) is 4.79 Å². The van der Waals surface area contributed by atoms with Gasteiger partial charge in [-0.25, -0.2) is 18.7 Å². The lowest BCUT2D eigenvalue weighted by molar-refractivity contribution is 0.102. The molecular weight excluding hydrogens is 326 g/mol. The number of carbonyl (C=O) groups is 1. The van der Waals surface area contributed by atoms with E-state index in [1.54, 1.807) is 12.1 Å². The first-order chi connectivity index (χ1) is 12.0. The Bertz CT molecular complexity index is 896. The van der Waals surface area contributed by atoms with Gasteiger partial charge >= 0.3 is 0 Å². The van der Waals surface area contributed by atoms with Crippen LogP contribution in [0.15, 0.2) is 54.9 Å². The Kier molecular flexibility index (Phi) is 4.65. The number of aromatic nitrogens is 2. The van der Waals surface area contributed by atoms with Crippen LogP contribution in [-0.4, -0.2) is 15.9 Å². The molecule has 1 heterocycles. The van der Waals surface area contributed by atoms with E-state index in [-0.39, 0.29) is 17.4 Å². The Hall–Kier alpha value is -3.35. The highest BCUT2D eigenvalue weighted by molar-refractivity contribution is 6.03. The van der Waals surface area contributed by atoms with E-state index in [0.29, 0.717) is 11.4 Å². The van der Waals surface area contributed by atoms with E-state index in [2.05, 4.69) is 20.6 Å². The average Bonchev–Trinajstić information content (AvgIpc) is 2.61. The highest BCUT2D eigenvalue weighted by Crippen LogP contribution is 2.16. The fourth-order valence-corrected chi connectivity index (χ4v) is 2.05.